The summed E-state index contributed by atoms with van der Waals surface area (Å²) in [4.78, 5) is 28.4. The van der Waals surface area contributed by atoms with Crippen molar-refractivity contribution < 1.29 is 9.21 Å². The van der Waals surface area contributed by atoms with Crippen LogP contribution in [0.4, 0.5) is 5.69 Å². The van der Waals surface area contributed by atoms with Gasteiger partial charge in [0.25, 0.3) is 0 Å². The van der Waals surface area contributed by atoms with Gasteiger partial charge in [-0.2, -0.15) is 5.10 Å². The van der Waals surface area contributed by atoms with Crippen molar-refractivity contribution in [3.05, 3.63) is 39.2 Å². The van der Waals surface area contributed by atoms with Gasteiger partial charge in [-0.15, -0.1) is 0 Å². The zero-order valence-corrected chi connectivity index (χ0v) is 19.1. The molecule has 33 heavy (non-hydrogen) atoms. The van der Waals surface area contributed by atoms with Gasteiger partial charge < -0.3 is 9.32 Å². The van der Waals surface area contributed by atoms with E-state index in [-0.39, 0.29) is 16.9 Å². The molecule has 6 nitrogen and oxygen atoms in total. The quantitative estimate of drug-likeness (QED) is 0.437. The average molecular weight is 446 g/mol. The van der Waals surface area contributed by atoms with Crippen LogP contribution in [-0.4, -0.2) is 25.2 Å². The molecule has 3 heterocycles. The van der Waals surface area contributed by atoms with E-state index in [1.807, 2.05) is 6.07 Å². The lowest BCUT2D eigenvalue weighted by Crippen LogP contribution is -2.52. The molecular formula is C27H31N3O3. The summed E-state index contributed by atoms with van der Waals surface area (Å²) in [6.45, 7) is 2.17. The highest BCUT2D eigenvalue weighted by Crippen LogP contribution is 2.60. The van der Waals surface area contributed by atoms with Crippen LogP contribution in [0.5, 0.6) is 0 Å². The first-order valence-corrected chi connectivity index (χ1v) is 12.8. The van der Waals surface area contributed by atoms with E-state index in [2.05, 4.69) is 21.5 Å². The second-order valence-corrected chi connectivity index (χ2v) is 11.4. The van der Waals surface area contributed by atoms with Crippen LogP contribution in [-0.2, 0) is 17.6 Å². The number of nitrogens with one attached hydrogen (secondary N) is 1. The van der Waals surface area contributed by atoms with Gasteiger partial charge in [0.2, 0.25) is 5.91 Å². The van der Waals surface area contributed by atoms with Crippen LogP contribution in [0, 0.1) is 23.2 Å². The fraction of sp³-hybridized carbons (Fsp3) is 0.593. The molecule has 0 saturated heterocycles. The smallest absolute Gasteiger partial charge is 0.345 e. The Labute approximate surface area is 193 Å². The number of carbonyl (C=O) groups excluding carboxylic acids is 1. The lowest BCUT2D eigenvalue weighted by Gasteiger charge is -2.55. The zero-order chi connectivity index (χ0) is 22.2. The van der Waals surface area contributed by atoms with Gasteiger partial charge >= 0.3 is 5.63 Å². The highest BCUT2D eigenvalue weighted by Gasteiger charge is 2.54. The van der Waals surface area contributed by atoms with Crippen molar-refractivity contribution in [2.45, 2.75) is 64.2 Å². The van der Waals surface area contributed by atoms with Gasteiger partial charge in [0.1, 0.15) is 5.58 Å². The normalized spacial score (nSPS) is 31.9. The molecule has 4 fully saturated rings. The fourth-order valence-corrected chi connectivity index (χ4v) is 8.22. The zero-order valence-electron chi connectivity index (χ0n) is 19.1. The standard InChI is InChI=1S/C27H31N3O3/c31-25-21(15-28-29-26(32)27-12-16-7-17(13-27)9-18(8-16)14-27)11-20-10-19-3-1-5-30-6-2-4-22(23(19)30)24(20)33-25/h10-11,15-18H,1-9,12-14H2,(H,29,32). The Morgan fingerprint density at radius 3 is 2.48 bits per heavy atom. The van der Waals surface area contributed by atoms with E-state index < -0.39 is 0 Å². The molecule has 6 aliphatic rings. The van der Waals surface area contributed by atoms with Crippen molar-refractivity contribution in [1.82, 2.24) is 5.43 Å². The van der Waals surface area contributed by atoms with Crippen LogP contribution < -0.4 is 16.0 Å². The van der Waals surface area contributed by atoms with Crippen molar-refractivity contribution in [1.29, 1.82) is 0 Å². The number of fused-ring (bicyclic) bond motifs is 2. The van der Waals surface area contributed by atoms with E-state index in [4.69, 9.17) is 4.42 Å². The van der Waals surface area contributed by atoms with Gasteiger partial charge in [0.05, 0.1) is 17.2 Å². The summed E-state index contributed by atoms with van der Waals surface area (Å²) in [5.41, 5.74) is 7.12. The van der Waals surface area contributed by atoms with Gasteiger partial charge in [-0.25, -0.2) is 10.2 Å². The Balaban J connectivity index is 1.17. The van der Waals surface area contributed by atoms with Gasteiger partial charge in [-0.1, -0.05) is 0 Å². The predicted molar refractivity (Wildman–Crippen MR) is 128 cm³/mol. The summed E-state index contributed by atoms with van der Waals surface area (Å²) in [6, 6.07) is 4.06. The van der Waals surface area contributed by atoms with E-state index >= 15 is 0 Å². The first-order valence-electron chi connectivity index (χ1n) is 12.8. The second-order valence-electron chi connectivity index (χ2n) is 11.4. The molecule has 172 valence electrons. The number of aryl methyl sites for hydroxylation is 2. The highest BCUT2D eigenvalue weighted by molar-refractivity contribution is 5.92. The van der Waals surface area contributed by atoms with E-state index in [0.29, 0.717) is 23.3 Å². The minimum Gasteiger partial charge on any atom is -0.422 e. The third-order valence-electron chi connectivity index (χ3n) is 9.13. The summed E-state index contributed by atoms with van der Waals surface area (Å²) in [5, 5.41) is 5.19. The molecule has 8 rings (SSSR count). The SMILES string of the molecule is O=C(NN=Cc1cc2cc3c4c(c2oc1=O)CCCN4CCC3)C12CC3CC(CC(C3)C1)C2. The number of nitrogens with zero attached hydrogens (tertiary/aromatic N) is 2. The van der Waals surface area contributed by atoms with Crippen LogP contribution in [0.15, 0.2) is 26.4 Å². The highest BCUT2D eigenvalue weighted by atomic mass is 16.4. The summed E-state index contributed by atoms with van der Waals surface area (Å²) < 4.78 is 5.83. The van der Waals surface area contributed by atoms with Crippen molar-refractivity contribution in [3.63, 3.8) is 0 Å². The number of amides is 1. The predicted octanol–water partition coefficient (Wildman–Crippen LogP) is 4.16. The monoisotopic (exact) mass is 445 g/mol. The maximum atomic E-state index is 13.1. The molecule has 4 bridgehead atoms. The number of anilines is 1. The summed E-state index contributed by atoms with van der Waals surface area (Å²) in [6.07, 6.45) is 12.7. The Bertz CT molecular complexity index is 1210. The number of rotatable bonds is 3. The Morgan fingerprint density at radius 2 is 1.76 bits per heavy atom. The van der Waals surface area contributed by atoms with Gasteiger partial charge in [0, 0.05) is 29.7 Å². The molecule has 0 spiro atoms. The third kappa shape index (κ3) is 3.09. The largest absolute Gasteiger partial charge is 0.422 e. The molecule has 1 N–H and O–H groups in total. The lowest BCUT2D eigenvalue weighted by atomic mass is 9.49. The van der Waals surface area contributed by atoms with Gasteiger partial charge in [-0.3, -0.25) is 4.79 Å². The molecule has 0 atom stereocenters. The number of benzene rings is 1. The van der Waals surface area contributed by atoms with Crippen molar-refractivity contribution in [2.24, 2.45) is 28.3 Å². The van der Waals surface area contributed by atoms with Crippen LogP contribution in [0.25, 0.3) is 11.0 Å². The third-order valence-corrected chi connectivity index (χ3v) is 9.13. The summed E-state index contributed by atoms with van der Waals surface area (Å²) >= 11 is 0. The van der Waals surface area contributed by atoms with Gasteiger partial charge in [0.15, 0.2) is 0 Å². The Hall–Kier alpha value is -2.63. The minimum absolute atomic E-state index is 0.0432. The Kier molecular flexibility index (Phi) is 4.31. The minimum atomic E-state index is -0.389. The fourth-order valence-electron chi connectivity index (χ4n) is 8.22. The van der Waals surface area contributed by atoms with Crippen LogP contribution >= 0.6 is 0 Å². The molecule has 2 aliphatic heterocycles. The number of hydrazone groups is 1. The maximum absolute atomic E-state index is 13.1. The number of carbonyl (C=O) groups is 1. The van der Waals surface area contributed by atoms with Gasteiger partial charge in [-0.05, 0) is 99.7 Å². The number of hydrogen-bond donors (Lipinski definition) is 1. The molecule has 4 saturated carbocycles. The molecule has 1 aromatic carbocycles. The Morgan fingerprint density at radius 1 is 1.06 bits per heavy atom. The molecule has 1 aromatic heterocycles. The molecule has 4 aliphatic carbocycles. The van der Waals surface area contributed by atoms with Crippen LogP contribution in [0.2, 0.25) is 0 Å². The average Bonchev–Trinajstić information content (AvgIpc) is 2.79. The molecule has 0 unspecified atom stereocenters. The molecule has 1 amide bonds. The van der Waals surface area contributed by atoms with Crippen molar-refractivity contribution in [3.8, 4) is 0 Å². The first-order chi connectivity index (χ1) is 16.1. The molecule has 6 heteroatoms. The topological polar surface area (TPSA) is 74.9 Å². The van der Waals surface area contributed by atoms with Crippen molar-refractivity contribution in [2.75, 3.05) is 18.0 Å². The second kappa shape index (κ2) is 7.18. The lowest BCUT2D eigenvalue weighted by molar-refractivity contribution is -0.146. The molecule has 2 aromatic rings. The summed E-state index contributed by atoms with van der Waals surface area (Å²) in [7, 11) is 0. The van der Waals surface area contributed by atoms with E-state index in [0.717, 1.165) is 62.6 Å². The van der Waals surface area contributed by atoms with E-state index in [9.17, 15) is 9.59 Å². The van der Waals surface area contributed by atoms with E-state index in [1.165, 1.54) is 48.7 Å². The van der Waals surface area contributed by atoms with Crippen LogP contribution in [0.3, 0.4) is 0 Å². The molecular weight excluding hydrogens is 414 g/mol. The maximum Gasteiger partial charge on any atom is 0.345 e. The molecule has 0 radical (unpaired) electrons. The van der Waals surface area contributed by atoms with Crippen molar-refractivity contribution >= 4 is 28.8 Å². The first kappa shape index (κ1) is 19.8. The van der Waals surface area contributed by atoms with Crippen LogP contribution in [0.1, 0.15) is 68.1 Å². The van der Waals surface area contributed by atoms with E-state index in [1.54, 1.807) is 0 Å². The number of hydrogen-bond acceptors (Lipinski definition) is 5. The summed E-state index contributed by atoms with van der Waals surface area (Å²) in [5.74, 6) is 2.17.